The highest BCUT2D eigenvalue weighted by atomic mass is 35.5. The average molecular weight is 369 g/mol. The number of likely N-dealkylation sites (tertiary alicyclic amines) is 1. The van der Waals surface area contributed by atoms with Gasteiger partial charge in [0.15, 0.2) is 5.76 Å². The zero-order valence-electron chi connectivity index (χ0n) is 13.7. The van der Waals surface area contributed by atoms with Crippen LogP contribution in [0.1, 0.15) is 35.4 Å². The van der Waals surface area contributed by atoms with Crippen molar-refractivity contribution >= 4 is 40.9 Å². The second kappa shape index (κ2) is 6.58. The van der Waals surface area contributed by atoms with Crippen LogP contribution in [0.15, 0.2) is 22.6 Å². The lowest BCUT2D eigenvalue weighted by Crippen LogP contribution is -2.44. The van der Waals surface area contributed by atoms with E-state index in [9.17, 15) is 4.79 Å². The molecule has 130 valence electrons. The molecule has 1 amide bonds. The third-order valence-electron chi connectivity index (χ3n) is 5.54. The molecule has 1 aromatic carbocycles. The Bertz CT molecular complexity index is 756. The van der Waals surface area contributed by atoms with Crippen molar-refractivity contribution in [1.29, 1.82) is 0 Å². The summed E-state index contributed by atoms with van der Waals surface area (Å²) >= 11 is 6.05. The highest BCUT2D eigenvalue weighted by Gasteiger charge is 2.38. The molecule has 2 aromatic rings. The summed E-state index contributed by atoms with van der Waals surface area (Å²) in [6.07, 6.45) is 3.39. The molecule has 4 nitrogen and oxygen atoms in total. The van der Waals surface area contributed by atoms with Crippen molar-refractivity contribution in [3.8, 4) is 0 Å². The molecule has 0 saturated carbocycles. The fourth-order valence-electron chi connectivity index (χ4n) is 3.95. The number of aryl methyl sites for hydroxylation is 1. The van der Waals surface area contributed by atoms with Crippen LogP contribution in [0, 0.1) is 12.3 Å². The molecular formula is C18H22Cl2N2O2. The van der Waals surface area contributed by atoms with Gasteiger partial charge in [0.1, 0.15) is 5.58 Å². The summed E-state index contributed by atoms with van der Waals surface area (Å²) in [5.74, 6) is 0.471. The van der Waals surface area contributed by atoms with Crippen LogP contribution in [0.25, 0.3) is 11.0 Å². The van der Waals surface area contributed by atoms with Crippen molar-refractivity contribution in [1.82, 2.24) is 10.2 Å². The molecule has 2 aliphatic heterocycles. The van der Waals surface area contributed by atoms with Crippen LogP contribution >= 0.6 is 24.0 Å². The van der Waals surface area contributed by atoms with Gasteiger partial charge in [-0.3, -0.25) is 4.79 Å². The fraction of sp³-hybridized carbons (Fsp3) is 0.500. The minimum absolute atomic E-state index is 0. The lowest BCUT2D eigenvalue weighted by Gasteiger charge is -2.38. The minimum atomic E-state index is 0. The van der Waals surface area contributed by atoms with E-state index in [1.807, 2.05) is 24.0 Å². The number of rotatable bonds is 1. The van der Waals surface area contributed by atoms with Crippen molar-refractivity contribution in [2.24, 2.45) is 5.41 Å². The quantitative estimate of drug-likeness (QED) is 0.826. The summed E-state index contributed by atoms with van der Waals surface area (Å²) in [4.78, 5) is 14.8. The summed E-state index contributed by atoms with van der Waals surface area (Å²) < 4.78 is 5.82. The van der Waals surface area contributed by atoms with Gasteiger partial charge in [-0.1, -0.05) is 11.6 Å². The number of nitrogens with zero attached hydrogens (tertiary/aromatic N) is 1. The van der Waals surface area contributed by atoms with Crippen molar-refractivity contribution in [3.05, 3.63) is 34.5 Å². The van der Waals surface area contributed by atoms with Gasteiger partial charge in [-0.15, -0.1) is 12.4 Å². The molecule has 6 heteroatoms. The van der Waals surface area contributed by atoms with Crippen molar-refractivity contribution < 1.29 is 9.21 Å². The molecular weight excluding hydrogens is 347 g/mol. The van der Waals surface area contributed by atoms with Crippen molar-refractivity contribution in [2.45, 2.75) is 26.2 Å². The fourth-order valence-corrected chi connectivity index (χ4v) is 4.12. The Hall–Kier alpha value is -1.23. The van der Waals surface area contributed by atoms with E-state index in [2.05, 4.69) is 5.32 Å². The van der Waals surface area contributed by atoms with Gasteiger partial charge < -0.3 is 14.6 Å². The molecule has 1 N–H and O–H groups in total. The number of carbonyl (C=O) groups is 1. The molecule has 3 heterocycles. The van der Waals surface area contributed by atoms with Gasteiger partial charge in [-0.05, 0) is 56.3 Å². The number of hydrogen-bond donors (Lipinski definition) is 1. The summed E-state index contributed by atoms with van der Waals surface area (Å²) in [7, 11) is 0. The van der Waals surface area contributed by atoms with Gasteiger partial charge in [-0.25, -0.2) is 0 Å². The van der Waals surface area contributed by atoms with Crippen LogP contribution in [-0.4, -0.2) is 37.0 Å². The van der Waals surface area contributed by atoms with Gasteiger partial charge >= 0.3 is 0 Å². The first kappa shape index (κ1) is 17.6. The number of hydrogen-bond acceptors (Lipinski definition) is 3. The monoisotopic (exact) mass is 368 g/mol. The van der Waals surface area contributed by atoms with Crippen LogP contribution in [0.3, 0.4) is 0 Å². The van der Waals surface area contributed by atoms with Gasteiger partial charge in [0.2, 0.25) is 0 Å². The molecule has 0 bridgehead atoms. The van der Waals surface area contributed by atoms with Crippen molar-refractivity contribution in [3.63, 3.8) is 0 Å². The molecule has 2 aliphatic rings. The van der Waals surface area contributed by atoms with E-state index < -0.39 is 0 Å². The van der Waals surface area contributed by atoms with Crippen LogP contribution in [0.2, 0.25) is 5.02 Å². The first-order chi connectivity index (χ1) is 11.1. The average Bonchev–Trinajstić information content (AvgIpc) is 3.13. The normalized spacial score (nSPS) is 19.7. The van der Waals surface area contributed by atoms with E-state index in [1.165, 1.54) is 6.42 Å². The maximum atomic E-state index is 12.9. The summed E-state index contributed by atoms with van der Waals surface area (Å²) in [5.41, 5.74) is 2.02. The van der Waals surface area contributed by atoms with E-state index in [4.69, 9.17) is 16.0 Å². The lowest BCUT2D eigenvalue weighted by atomic mass is 9.78. The zero-order chi connectivity index (χ0) is 16.0. The molecule has 0 atom stereocenters. The van der Waals surface area contributed by atoms with Crippen LogP contribution in [-0.2, 0) is 0 Å². The number of nitrogens with one attached hydrogen (secondary N) is 1. The number of furan rings is 1. The SMILES string of the molecule is Cc1c(C(=O)N2CCC3(CCNC3)CC2)oc2ccc(Cl)cc12.Cl. The van der Waals surface area contributed by atoms with Gasteiger partial charge in [0, 0.05) is 35.6 Å². The van der Waals surface area contributed by atoms with Crippen LogP contribution in [0.5, 0.6) is 0 Å². The predicted molar refractivity (Wildman–Crippen MR) is 98.3 cm³/mol. The highest BCUT2D eigenvalue weighted by molar-refractivity contribution is 6.31. The minimum Gasteiger partial charge on any atom is -0.451 e. The maximum absolute atomic E-state index is 12.9. The molecule has 2 saturated heterocycles. The predicted octanol–water partition coefficient (Wildman–Crippen LogP) is 4.03. The molecule has 1 aromatic heterocycles. The largest absolute Gasteiger partial charge is 0.451 e. The van der Waals surface area contributed by atoms with E-state index in [0.29, 0.717) is 16.2 Å². The standard InChI is InChI=1S/C18H21ClN2O2.ClH/c1-12-14-10-13(19)2-3-15(14)23-16(12)17(22)21-8-5-18(6-9-21)4-7-20-11-18;/h2-3,10,20H,4-9,11H2,1H3;1H. The number of amides is 1. The topological polar surface area (TPSA) is 45.5 Å². The zero-order valence-corrected chi connectivity index (χ0v) is 15.3. The number of fused-ring (bicyclic) bond motifs is 1. The molecule has 24 heavy (non-hydrogen) atoms. The summed E-state index contributed by atoms with van der Waals surface area (Å²) in [6.45, 7) is 5.77. The van der Waals surface area contributed by atoms with Crippen LogP contribution < -0.4 is 5.32 Å². The number of piperidine rings is 1. The van der Waals surface area contributed by atoms with Crippen LogP contribution in [0.4, 0.5) is 0 Å². The maximum Gasteiger partial charge on any atom is 0.289 e. The van der Waals surface area contributed by atoms with E-state index in [-0.39, 0.29) is 18.3 Å². The molecule has 0 radical (unpaired) electrons. The Labute approximate surface area is 152 Å². The summed E-state index contributed by atoms with van der Waals surface area (Å²) in [5, 5.41) is 5.04. The Kier molecular flexibility index (Phi) is 4.82. The number of benzene rings is 1. The van der Waals surface area contributed by atoms with Crippen molar-refractivity contribution in [2.75, 3.05) is 26.2 Å². The number of halogens is 2. The third-order valence-corrected chi connectivity index (χ3v) is 5.77. The van der Waals surface area contributed by atoms with E-state index in [0.717, 1.165) is 55.6 Å². The Morgan fingerprint density at radius 1 is 1.29 bits per heavy atom. The van der Waals surface area contributed by atoms with E-state index in [1.54, 1.807) is 6.07 Å². The van der Waals surface area contributed by atoms with Gasteiger partial charge in [-0.2, -0.15) is 0 Å². The Balaban J connectivity index is 0.00000169. The Morgan fingerprint density at radius 3 is 2.71 bits per heavy atom. The molecule has 0 unspecified atom stereocenters. The summed E-state index contributed by atoms with van der Waals surface area (Å²) in [6, 6.07) is 5.48. The second-order valence-corrected chi connectivity index (χ2v) is 7.35. The first-order valence-corrected chi connectivity index (χ1v) is 8.64. The van der Waals surface area contributed by atoms with Gasteiger partial charge in [0.05, 0.1) is 0 Å². The van der Waals surface area contributed by atoms with Gasteiger partial charge in [0.25, 0.3) is 5.91 Å². The molecule has 2 fully saturated rings. The number of carbonyl (C=O) groups excluding carboxylic acids is 1. The van der Waals surface area contributed by atoms with E-state index >= 15 is 0 Å². The Morgan fingerprint density at radius 2 is 2.04 bits per heavy atom. The smallest absolute Gasteiger partial charge is 0.289 e. The molecule has 0 aliphatic carbocycles. The molecule has 1 spiro atoms. The molecule has 4 rings (SSSR count). The lowest BCUT2D eigenvalue weighted by molar-refractivity contribution is 0.0578. The highest BCUT2D eigenvalue weighted by Crippen LogP contribution is 2.38. The first-order valence-electron chi connectivity index (χ1n) is 8.27. The third kappa shape index (κ3) is 2.92. The second-order valence-electron chi connectivity index (χ2n) is 6.92.